The van der Waals surface area contributed by atoms with Crippen molar-refractivity contribution in [2.75, 3.05) is 0 Å². The van der Waals surface area contributed by atoms with Gasteiger partial charge in [0.2, 0.25) is 11.7 Å². The Labute approximate surface area is 97.3 Å². The number of hydrogen-bond acceptors (Lipinski definition) is 6. The summed E-state index contributed by atoms with van der Waals surface area (Å²) < 4.78 is 5.14. The fourth-order valence-electron chi connectivity index (χ4n) is 1.68. The van der Waals surface area contributed by atoms with Crippen LogP contribution in [0.15, 0.2) is 16.8 Å². The van der Waals surface area contributed by atoms with Crippen molar-refractivity contribution in [1.82, 2.24) is 20.1 Å². The molecule has 0 radical (unpaired) electrons. The van der Waals surface area contributed by atoms with E-state index >= 15 is 0 Å². The van der Waals surface area contributed by atoms with Gasteiger partial charge in [0, 0.05) is 6.20 Å². The van der Waals surface area contributed by atoms with E-state index in [0.29, 0.717) is 23.2 Å². The highest BCUT2D eigenvalue weighted by molar-refractivity contribution is 5.47. The number of nitriles is 1. The molecule has 0 amide bonds. The molecule has 0 bridgehead atoms. The lowest BCUT2D eigenvalue weighted by Crippen LogP contribution is -1.91. The minimum absolute atomic E-state index is 0.0236. The first-order chi connectivity index (χ1) is 8.28. The van der Waals surface area contributed by atoms with Gasteiger partial charge < -0.3 is 4.52 Å². The molecule has 17 heavy (non-hydrogen) atoms. The zero-order valence-electron chi connectivity index (χ0n) is 9.16. The molecule has 1 aliphatic carbocycles. The minimum atomic E-state index is 0.0236. The molecule has 2 unspecified atom stereocenters. The molecule has 1 saturated carbocycles. The summed E-state index contributed by atoms with van der Waals surface area (Å²) in [6.45, 7) is 1.80. The van der Waals surface area contributed by atoms with E-state index in [1.165, 1.54) is 0 Å². The highest BCUT2D eigenvalue weighted by Gasteiger charge is 2.43. The third-order valence-electron chi connectivity index (χ3n) is 2.72. The van der Waals surface area contributed by atoms with Crippen LogP contribution in [0.1, 0.15) is 24.1 Å². The second-order valence-corrected chi connectivity index (χ2v) is 4.02. The van der Waals surface area contributed by atoms with Crippen molar-refractivity contribution >= 4 is 0 Å². The van der Waals surface area contributed by atoms with Gasteiger partial charge >= 0.3 is 0 Å². The maximum absolute atomic E-state index is 8.74. The molecular formula is C11H9N5O. The van der Waals surface area contributed by atoms with Crippen molar-refractivity contribution in [1.29, 1.82) is 5.26 Å². The Kier molecular flexibility index (Phi) is 2.11. The van der Waals surface area contributed by atoms with Crippen molar-refractivity contribution in [2.24, 2.45) is 5.92 Å². The van der Waals surface area contributed by atoms with Gasteiger partial charge in [-0.05, 0) is 19.4 Å². The standard InChI is InChI=1S/C11H9N5O/c1-6-13-3-2-9(14-6)10-15-11(17-16-10)8-4-7(8)5-12/h2-3,7-8H,4H2,1H3. The fourth-order valence-corrected chi connectivity index (χ4v) is 1.68. The summed E-state index contributed by atoms with van der Waals surface area (Å²) in [5, 5.41) is 12.6. The first-order valence-corrected chi connectivity index (χ1v) is 5.31. The largest absolute Gasteiger partial charge is 0.339 e. The second-order valence-electron chi connectivity index (χ2n) is 4.02. The minimum Gasteiger partial charge on any atom is -0.339 e. The SMILES string of the molecule is Cc1nccc(-c2noc(C3CC3C#N)n2)n1. The lowest BCUT2D eigenvalue weighted by atomic mass is 10.3. The summed E-state index contributed by atoms with van der Waals surface area (Å²) in [6.07, 6.45) is 2.46. The highest BCUT2D eigenvalue weighted by Crippen LogP contribution is 2.46. The molecule has 0 N–H and O–H groups in total. The molecule has 2 aromatic heterocycles. The molecule has 3 rings (SSSR count). The maximum Gasteiger partial charge on any atom is 0.231 e. The van der Waals surface area contributed by atoms with Crippen LogP contribution in [0, 0.1) is 24.2 Å². The van der Waals surface area contributed by atoms with Crippen LogP contribution in [0.2, 0.25) is 0 Å². The molecule has 0 aliphatic heterocycles. The normalized spacial score (nSPS) is 22.1. The number of hydrogen-bond donors (Lipinski definition) is 0. The quantitative estimate of drug-likeness (QED) is 0.771. The van der Waals surface area contributed by atoms with Crippen LogP contribution in [0.4, 0.5) is 0 Å². The van der Waals surface area contributed by atoms with E-state index < -0.39 is 0 Å². The number of aryl methyl sites for hydroxylation is 1. The molecule has 2 heterocycles. The van der Waals surface area contributed by atoms with Crippen LogP contribution in [-0.4, -0.2) is 20.1 Å². The van der Waals surface area contributed by atoms with Crippen LogP contribution in [-0.2, 0) is 0 Å². The van der Waals surface area contributed by atoms with E-state index in [1.807, 2.05) is 0 Å². The molecule has 0 spiro atoms. The number of aromatic nitrogens is 4. The summed E-state index contributed by atoms with van der Waals surface area (Å²) in [5.41, 5.74) is 0.640. The smallest absolute Gasteiger partial charge is 0.231 e. The average molecular weight is 227 g/mol. The van der Waals surface area contributed by atoms with Crippen LogP contribution in [0.3, 0.4) is 0 Å². The summed E-state index contributed by atoms with van der Waals surface area (Å²) in [4.78, 5) is 12.5. The average Bonchev–Trinajstić information content (AvgIpc) is 2.97. The molecule has 1 aliphatic rings. The first-order valence-electron chi connectivity index (χ1n) is 5.31. The van der Waals surface area contributed by atoms with Crippen molar-refractivity contribution in [3.8, 4) is 17.6 Å². The van der Waals surface area contributed by atoms with E-state index in [4.69, 9.17) is 9.78 Å². The Morgan fingerprint density at radius 1 is 1.47 bits per heavy atom. The Hall–Kier alpha value is -2.29. The summed E-state index contributed by atoms with van der Waals surface area (Å²) in [7, 11) is 0. The zero-order chi connectivity index (χ0) is 11.8. The monoisotopic (exact) mass is 227 g/mol. The molecule has 0 aromatic carbocycles. The number of nitrogens with zero attached hydrogens (tertiary/aromatic N) is 5. The van der Waals surface area contributed by atoms with Crippen molar-refractivity contribution in [3.63, 3.8) is 0 Å². The molecule has 84 valence electrons. The predicted octanol–water partition coefficient (Wildman–Crippen LogP) is 1.46. The van der Waals surface area contributed by atoms with Gasteiger partial charge in [0.1, 0.15) is 11.5 Å². The third-order valence-corrected chi connectivity index (χ3v) is 2.72. The number of rotatable bonds is 2. The van der Waals surface area contributed by atoms with E-state index in [2.05, 4.69) is 26.2 Å². The van der Waals surface area contributed by atoms with E-state index in [9.17, 15) is 0 Å². The van der Waals surface area contributed by atoms with Crippen molar-refractivity contribution < 1.29 is 4.52 Å². The Balaban J connectivity index is 1.89. The van der Waals surface area contributed by atoms with E-state index in [1.54, 1.807) is 19.2 Å². The fraction of sp³-hybridized carbons (Fsp3) is 0.364. The molecule has 2 aromatic rings. The Bertz CT molecular complexity index is 600. The highest BCUT2D eigenvalue weighted by atomic mass is 16.5. The lowest BCUT2D eigenvalue weighted by Gasteiger charge is -1.93. The second kappa shape index (κ2) is 3.63. The summed E-state index contributed by atoms with van der Waals surface area (Å²) >= 11 is 0. The van der Waals surface area contributed by atoms with Crippen LogP contribution >= 0.6 is 0 Å². The summed E-state index contributed by atoms with van der Waals surface area (Å²) in [5.74, 6) is 1.77. The van der Waals surface area contributed by atoms with Gasteiger partial charge in [-0.15, -0.1) is 0 Å². The van der Waals surface area contributed by atoms with Gasteiger partial charge in [-0.1, -0.05) is 5.16 Å². The molecule has 0 saturated heterocycles. The Morgan fingerprint density at radius 2 is 2.35 bits per heavy atom. The van der Waals surface area contributed by atoms with Crippen LogP contribution in [0.25, 0.3) is 11.5 Å². The van der Waals surface area contributed by atoms with Gasteiger partial charge in [-0.3, -0.25) is 0 Å². The third kappa shape index (κ3) is 1.76. The molecular weight excluding hydrogens is 218 g/mol. The predicted molar refractivity (Wildman–Crippen MR) is 56.5 cm³/mol. The van der Waals surface area contributed by atoms with Gasteiger partial charge in [0.15, 0.2) is 0 Å². The van der Waals surface area contributed by atoms with Gasteiger partial charge in [-0.2, -0.15) is 10.2 Å². The molecule has 2 atom stereocenters. The maximum atomic E-state index is 8.74. The van der Waals surface area contributed by atoms with Gasteiger partial charge in [0.25, 0.3) is 0 Å². The zero-order valence-corrected chi connectivity index (χ0v) is 9.16. The van der Waals surface area contributed by atoms with Gasteiger partial charge in [0.05, 0.1) is 17.9 Å². The summed E-state index contributed by atoms with van der Waals surface area (Å²) in [6, 6.07) is 3.92. The van der Waals surface area contributed by atoms with Crippen molar-refractivity contribution in [3.05, 3.63) is 24.0 Å². The molecule has 1 fully saturated rings. The molecule has 6 nitrogen and oxygen atoms in total. The first kappa shape index (κ1) is 9.90. The van der Waals surface area contributed by atoms with Crippen molar-refractivity contribution in [2.45, 2.75) is 19.3 Å². The van der Waals surface area contributed by atoms with Crippen LogP contribution in [0.5, 0.6) is 0 Å². The molecule has 6 heteroatoms. The topological polar surface area (TPSA) is 88.5 Å². The van der Waals surface area contributed by atoms with Crippen LogP contribution < -0.4 is 0 Å². The van der Waals surface area contributed by atoms with E-state index in [0.717, 1.165) is 6.42 Å². The van der Waals surface area contributed by atoms with Gasteiger partial charge in [-0.25, -0.2) is 9.97 Å². The van der Waals surface area contributed by atoms with E-state index in [-0.39, 0.29) is 11.8 Å². The Morgan fingerprint density at radius 3 is 3.06 bits per heavy atom. The lowest BCUT2D eigenvalue weighted by molar-refractivity contribution is 0.378.